The zero-order chi connectivity index (χ0) is 11.3. The molecule has 0 aliphatic heterocycles. The van der Waals surface area contributed by atoms with Crippen LogP contribution in [0.4, 0.5) is 4.39 Å². The number of esters is 1. The van der Waals surface area contributed by atoms with Crippen LogP contribution in [0, 0.1) is 17.7 Å². The van der Waals surface area contributed by atoms with E-state index in [4.69, 9.17) is 0 Å². The van der Waals surface area contributed by atoms with E-state index in [2.05, 4.69) is 16.6 Å². The maximum Gasteiger partial charge on any atom is 0.384 e. The van der Waals surface area contributed by atoms with Gasteiger partial charge in [-0.1, -0.05) is 12.0 Å². The largest absolute Gasteiger partial charge is 0.504 e. The van der Waals surface area contributed by atoms with E-state index in [1.54, 1.807) is 6.92 Å². The van der Waals surface area contributed by atoms with Crippen LogP contribution < -0.4 is 0 Å². The molecule has 0 heterocycles. The first-order chi connectivity index (χ1) is 7.15. The normalized spacial score (nSPS) is 8.93. The molecule has 15 heavy (non-hydrogen) atoms. The maximum atomic E-state index is 12.8. The fourth-order valence-electron chi connectivity index (χ4n) is 0.902. The van der Waals surface area contributed by atoms with E-state index >= 15 is 0 Å². The highest BCUT2D eigenvalue weighted by Gasteiger charge is 2.03. The van der Waals surface area contributed by atoms with Crippen LogP contribution in [-0.4, -0.2) is 17.7 Å². The summed E-state index contributed by atoms with van der Waals surface area (Å²) in [6.07, 6.45) is 0. The first-order valence-electron chi connectivity index (χ1n) is 4.31. The number of phenolic OH excluding ortho intramolecular Hbond substituents is 1. The number of hydrogen-bond donors (Lipinski definition) is 1. The van der Waals surface area contributed by atoms with Crippen molar-refractivity contribution in [2.75, 3.05) is 6.61 Å². The maximum absolute atomic E-state index is 12.8. The second-order valence-electron chi connectivity index (χ2n) is 2.61. The number of benzene rings is 1. The van der Waals surface area contributed by atoms with Gasteiger partial charge in [-0.25, -0.2) is 9.18 Å². The van der Waals surface area contributed by atoms with Crippen LogP contribution >= 0.6 is 0 Å². The van der Waals surface area contributed by atoms with Crippen LogP contribution in [0.1, 0.15) is 12.5 Å². The van der Waals surface area contributed by atoms with E-state index in [0.29, 0.717) is 0 Å². The van der Waals surface area contributed by atoms with Crippen LogP contribution in [0.3, 0.4) is 0 Å². The van der Waals surface area contributed by atoms with Gasteiger partial charge in [0.15, 0.2) is 11.6 Å². The molecule has 1 aromatic rings. The van der Waals surface area contributed by atoms with Crippen molar-refractivity contribution in [2.24, 2.45) is 0 Å². The lowest BCUT2D eigenvalue weighted by Gasteiger charge is -1.96. The second kappa shape index (κ2) is 5.01. The Morgan fingerprint density at radius 1 is 1.60 bits per heavy atom. The molecule has 0 aromatic heterocycles. The molecule has 78 valence electrons. The Hall–Kier alpha value is -2.02. The molecule has 0 aliphatic rings. The molecular formula is C11H9FO3. The average molecular weight is 208 g/mol. The zero-order valence-electron chi connectivity index (χ0n) is 8.08. The van der Waals surface area contributed by atoms with Gasteiger partial charge in [0.05, 0.1) is 12.2 Å². The van der Waals surface area contributed by atoms with Crippen molar-refractivity contribution in [1.29, 1.82) is 0 Å². The third-order valence-electron chi connectivity index (χ3n) is 1.56. The van der Waals surface area contributed by atoms with Crippen molar-refractivity contribution < 1.29 is 19.0 Å². The van der Waals surface area contributed by atoms with Crippen LogP contribution in [0.2, 0.25) is 0 Å². The van der Waals surface area contributed by atoms with Crippen molar-refractivity contribution in [3.05, 3.63) is 29.6 Å². The topological polar surface area (TPSA) is 46.5 Å². The molecule has 0 aliphatic carbocycles. The number of ether oxygens (including phenoxy) is 1. The van der Waals surface area contributed by atoms with E-state index in [0.717, 1.165) is 6.07 Å². The van der Waals surface area contributed by atoms with Gasteiger partial charge in [0.2, 0.25) is 0 Å². The summed E-state index contributed by atoms with van der Waals surface area (Å²) in [5.74, 6) is 2.41. The monoisotopic (exact) mass is 208 g/mol. The predicted molar refractivity (Wildman–Crippen MR) is 51.6 cm³/mol. The zero-order valence-corrected chi connectivity index (χ0v) is 8.08. The van der Waals surface area contributed by atoms with E-state index in [1.165, 1.54) is 12.1 Å². The van der Waals surface area contributed by atoms with Crippen LogP contribution in [0.25, 0.3) is 0 Å². The number of halogens is 1. The molecule has 1 rings (SSSR count). The van der Waals surface area contributed by atoms with Crippen molar-refractivity contribution in [2.45, 2.75) is 6.92 Å². The fraction of sp³-hybridized carbons (Fsp3) is 0.182. The first kappa shape index (κ1) is 11.1. The molecule has 1 N–H and O–H groups in total. The summed E-state index contributed by atoms with van der Waals surface area (Å²) in [5, 5.41) is 9.21. The third-order valence-corrected chi connectivity index (χ3v) is 1.56. The van der Waals surface area contributed by atoms with Crippen molar-refractivity contribution in [1.82, 2.24) is 0 Å². The standard InChI is InChI=1S/C11H9FO3/c1-2-15-10(13)7-6-8-4-3-5-9(12)11(8)14/h3-5,14H,2H2,1H3. The Bertz CT molecular complexity index is 429. The number of hydrogen-bond acceptors (Lipinski definition) is 3. The van der Waals surface area contributed by atoms with Gasteiger partial charge in [0, 0.05) is 5.92 Å². The Balaban J connectivity index is 2.89. The number of carbonyl (C=O) groups is 1. The van der Waals surface area contributed by atoms with Gasteiger partial charge < -0.3 is 9.84 Å². The van der Waals surface area contributed by atoms with Gasteiger partial charge in [0.25, 0.3) is 0 Å². The molecule has 0 spiro atoms. The minimum atomic E-state index is -0.773. The minimum Gasteiger partial charge on any atom is -0.504 e. The summed E-state index contributed by atoms with van der Waals surface area (Å²) < 4.78 is 17.4. The van der Waals surface area contributed by atoms with E-state index in [-0.39, 0.29) is 12.2 Å². The third kappa shape index (κ3) is 2.99. The lowest BCUT2D eigenvalue weighted by molar-refractivity contribution is -0.136. The highest BCUT2D eigenvalue weighted by Crippen LogP contribution is 2.19. The predicted octanol–water partition coefficient (Wildman–Crippen LogP) is 1.45. The fourth-order valence-corrected chi connectivity index (χ4v) is 0.902. The summed E-state index contributed by atoms with van der Waals surface area (Å²) in [5.41, 5.74) is 0.0584. The number of para-hydroxylation sites is 1. The van der Waals surface area contributed by atoms with Gasteiger partial charge in [-0.05, 0) is 19.1 Å². The van der Waals surface area contributed by atoms with Gasteiger partial charge >= 0.3 is 5.97 Å². The molecule has 3 nitrogen and oxygen atoms in total. The lowest BCUT2D eigenvalue weighted by Crippen LogP contribution is -1.99. The van der Waals surface area contributed by atoms with Crippen LogP contribution in [-0.2, 0) is 9.53 Å². The van der Waals surface area contributed by atoms with Crippen LogP contribution in [0.5, 0.6) is 5.75 Å². The van der Waals surface area contributed by atoms with E-state index in [9.17, 15) is 14.3 Å². The van der Waals surface area contributed by atoms with E-state index < -0.39 is 17.5 Å². The smallest absolute Gasteiger partial charge is 0.384 e. The highest BCUT2D eigenvalue weighted by atomic mass is 19.1. The molecule has 0 radical (unpaired) electrons. The molecule has 0 amide bonds. The number of aromatic hydroxyl groups is 1. The average Bonchev–Trinajstić information content (AvgIpc) is 2.21. The molecule has 0 unspecified atom stereocenters. The molecular weight excluding hydrogens is 199 g/mol. The Kier molecular flexibility index (Phi) is 3.69. The molecule has 0 atom stereocenters. The molecule has 0 fully saturated rings. The molecule has 0 bridgehead atoms. The second-order valence-corrected chi connectivity index (χ2v) is 2.61. The summed E-state index contributed by atoms with van der Waals surface area (Å²) in [7, 11) is 0. The summed E-state index contributed by atoms with van der Waals surface area (Å²) in [6.45, 7) is 1.88. The molecule has 0 saturated carbocycles. The Morgan fingerprint density at radius 3 is 3.00 bits per heavy atom. The van der Waals surface area contributed by atoms with Gasteiger partial charge in [-0.15, -0.1) is 0 Å². The van der Waals surface area contributed by atoms with Crippen LogP contribution in [0.15, 0.2) is 18.2 Å². The van der Waals surface area contributed by atoms with Crippen molar-refractivity contribution >= 4 is 5.97 Å². The SMILES string of the molecule is CCOC(=O)C#Cc1cccc(F)c1O. The van der Waals surface area contributed by atoms with Gasteiger partial charge in [-0.3, -0.25) is 0 Å². The van der Waals surface area contributed by atoms with Gasteiger partial charge in [0.1, 0.15) is 0 Å². The van der Waals surface area contributed by atoms with E-state index in [1.807, 2.05) is 0 Å². The first-order valence-corrected chi connectivity index (χ1v) is 4.31. The minimum absolute atomic E-state index is 0.0584. The summed E-state index contributed by atoms with van der Waals surface area (Å²) in [6, 6.07) is 3.90. The lowest BCUT2D eigenvalue weighted by atomic mass is 10.2. The van der Waals surface area contributed by atoms with Crippen molar-refractivity contribution in [3.8, 4) is 17.6 Å². The Labute approximate surface area is 86.5 Å². The van der Waals surface area contributed by atoms with Crippen molar-refractivity contribution in [3.63, 3.8) is 0 Å². The van der Waals surface area contributed by atoms with Gasteiger partial charge in [-0.2, -0.15) is 0 Å². The molecule has 1 aromatic carbocycles. The Morgan fingerprint density at radius 2 is 2.33 bits per heavy atom. The summed E-state index contributed by atoms with van der Waals surface area (Å²) in [4.78, 5) is 10.8. The highest BCUT2D eigenvalue weighted by molar-refractivity contribution is 5.89. The molecule has 0 saturated heterocycles. The number of rotatable bonds is 1. The number of carbonyl (C=O) groups excluding carboxylic acids is 1. The quantitative estimate of drug-likeness (QED) is 0.561. The summed E-state index contributed by atoms with van der Waals surface area (Å²) >= 11 is 0. The number of phenols is 1. The molecule has 4 heteroatoms.